The van der Waals surface area contributed by atoms with Crippen molar-refractivity contribution in [1.82, 2.24) is 4.57 Å². The Morgan fingerprint density at radius 2 is 1.84 bits per heavy atom. The van der Waals surface area contributed by atoms with E-state index >= 15 is 0 Å². The van der Waals surface area contributed by atoms with Gasteiger partial charge in [-0.05, 0) is 41.5 Å². The Labute approximate surface area is 187 Å². The van der Waals surface area contributed by atoms with E-state index in [4.69, 9.17) is 0 Å². The number of halogens is 2. The zero-order chi connectivity index (χ0) is 22.8. The highest BCUT2D eigenvalue weighted by molar-refractivity contribution is 9.10. The van der Waals surface area contributed by atoms with Crippen molar-refractivity contribution >= 4 is 31.5 Å². The van der Waals surface area contributed by atoms with Crippen LogP contribution in [0.4, 0.5) is 4.39 Å². The van der Waals surface area contributed by atoms with Crippen LogP contribution in [0.25, 0.3) is 0 Å². The van der Waals surface area contributed by atoms with Crippen LogP contribution in [0, 0.1) is 5.82 Å². The molecule has 0 aliphatic heterocycles. The van der Waals surface area contributed by atoms with E-state index in [-0.39, 0.29) is 22.6 Å². The van der Waals surface area contributed by atoms with Crippen molar-refractivity contribution in [1.29, 1.82) is 0 Å². The summed E-state index contributed by atoms with van der Waals surface area (Å²) in [7, 11) is -2.16. The van der Waals surface area contributed by atoms with Gasteiger partial charge in [-0.25, -0.2) is 12.8 Å². The maximum atomic E-state index is 13.9. The number of nitrogens with zero attached hydrogens (tertiary/aromatic N) is 2. The van der Waals surface area contributed by atoms with Crippen LogP contribution in [-0.4, -0.2) is 30.2 Å². The number of aryl methyl sites for hydroxylation is 1. The van der Waals surface area contributed by atoms with Gasteiger partial charge in [0, 0.05) is 47.9 Å². The maximum Gasteiger partial charge on any atom is 0.250 e. The van der Waals surface area contributed by atoms with Crippen LogP contribution in [-0.2, 0) is 16.9 Å². The van der Waals surface area contributed by atoms with Gasteiger partial charge < -0.3 is 9.77 Å². The monoisotopic (exact) mass is 506 g/mol. The lowest BCUT2D eigenvalue weighted by Gasteiger charge is -2.21. The van der Waals surface area contributed by atoms with Crippen LogP contribution >= 0.6 is 15.9 Å². The van der Waals surface area contributed by atoms with E-state index < -0.39 is 21.6 Å². The zero-order valence-electron chi connectivity index (χ0n) is 16.8. The van der Waals surface area contributed by atoms with Crippen LogP contribution in [0.5, 0.6) is 0 Å². The summed E-state index contributed by atoms with van der Waals surface area (Å²) in [5, 5.41) is 13.1. The summed E-state index contributed by atoms with van der Waals surface area (Å²) in [6, 6.07) is 13.8. The lowest BCUT2D eigenvalue weighted by Crippen LogP contribution is -2.19. The topological polar surface area (TPSA) is 88.7 Å². The number of sulfone groups is 1. The molecule has 0 amide bonds. The summed E-state index contributed by atoms with van der Waals surface area (Å²) in [5.74, 6) is -1.21. The average Bonchev–Trinajstić information content (AvgIpc) is 2.72. The molecule has 2 aromatic carbocycles. The third kappa shape index (κ3) is 5.29. The molecule has 0 aliphatic carbocycles. The molecule has 9 heteroatoms. The van der Waals surface area contributed by atoms with Crippen molar-refractivity contribution in [3.63, 3.8) is 0 Å². The number of aromatic nitrogens is 1. The van der Waals surface area contributed by atoms with Gasteiger partial charge in [-0.3, -0.25) is 4.79 Å². The van der Waals surface area contributed by atoms with E-state index in [0.29, 0.717) is 11.1 Å². The summed E-state index contributed by atoms with van der Waals surface area (Å²) < 4.78 is 40.9. The molecule has 0 saturated carbocycles. The molecule has 6 nitrogen and oxygen atoms in total. The smallest absolute Gasteiger partial charge is 0.250 e. The molecule has 1 aromatic heterocycles. The summed E-state index contributed by atoms with van der Waals surface area (Å²) >= 11 is 3.38. The summed E-state index contributed by atoms with van der Waals surface area (Å²) in [6.07, 6.45) is 2.68. The second-order valence-electron chi connectivity index (χ2n) is 7.18. The minimum absolute atomic E-state index is 0.116. The summed E-state index contributed by atoms with van der Waals surface area (Å²) in [6.45, 7) is 0. The molecule has 3 aromatic rings. The van der Waals surface area contributed by atoms with Crippen molar-refractivity contribution in [2.75, 3.05) is 6.26 Å². The Hall–Kier alpha value is -2.78. The van der Waals surface area contributed by atoms with Crippen molar-refractivity contribution in [2.24, 2.45) is 12.2 Å². The maximum absolute atomic E-state index is 13.9. The van der Waals surface area contributed by atoms with Gasteiger partial charge in [-0.2, -0.15) is 0 Å². The first-order valence-electron chi connectivity index (χ1n) is 9.23. The Kier molecular flexibility index (Phi) is 6.76. The first-order chi connectivity index (χ1) is 14.6. The normalized spacial score (nSPS) is 13.2. The molecular formula is C22H20BrFN2O4S. The fourth-order valence-corrected chi connectivity index (χ4v) is 4.62. The lowest BCUT2D eigenvalue weighted by atomic mass is 9.85. The highest BCUT2D eigenvalue weighted by Gasteiger charge is 2.25. The van der Waals surface area contributed by atoms with Gasteiger partial charge in [-0.15, -0.1) is 0 Å². The standard InChI is InChI=1S/C22H20BrFN2O4S/c1-26-13-15(5-10-22(26)27)20(25-28)12-19(14-3-6-16(23)7-4-14)18-9-8-17(24)11-21(18)31(2,29)30/h3-11,13,19,28H,12H2,1-2H3/b25-20-. The van der Waals surface area contributed by atoms with Crippen molar-refractivity contribution in [3.05, 3.63) is 98.1 Å². The third-order valence-corrected chi connectivity index (χ3v) is 6.64. The number of benzene rings is 2. The first-order valence-corrected chi connectivity index (χ1v) is 11.9. The number of pyridine rings is 1. The van der Waals surface area contributed by atoms with Crippen LogP contribution in [0.2, 0.25) is 0 Å². The van der Waals surface area contributed by atoms with Crippen molar-refractivity contribution in [3.8, 4) is 0 Å². The van der Waals surface area contributed by atoms with Gasteiger partial charge in [0.25, 0.3) is 0 Å². The van der Waals surface area contributed by atoms with Crippen LogP contribution < -0.4 is 5.56 Å². The second kappa shape index (κ2) is 9.15. The number of hydrogen-bond acceptors (Lipinski definition) is 5. The van der Waals surface area contributed by atoms with Crippen LogP contribution in [0.3, 0.4) is 0 Å². The Balaban J connectivity index is 2.18. The molecule has 0 bridgehead atoms. The zero-order valence-corrected chi connectivity index (χ0v) is 19.2. The van der Waals surface area contributed by atoms with Gasteiger partial charge >= 0.3 is 0 Å². The van der Waals surface area contributed by atoms with E-state index in [0.717, 1.165) is 22.4 Å². The molecule has 162 valence electrons. The van der Waals surface area contributed by atoms with E-state index in [1.807, 2.05) is 24.3 Å². The SMILES string of the molecule is Cn1cc(/C(CC(c2ccc(Br)cc2)c2ccc(F)cc2S(C)(=O)=O)=N\O)ccc1=O. The Morgan fingerprint density at radius 1 is 1.16 bits per heavy atom. The molecular weight excluding hydrogens is 487 g/mol. The average molecular weight is 507 g/mol. The first kappa shape index (κ1) is 22.9. The highest BCUT2D eigenvalue weighted by Crippen LogP contribution is 2.35. The molecule has 0 saturated heterocycles. The van der Waals surface area contributed by atoms with Gasteiger partial charge in [0.1, 0.15) is 5.82 Å². The van der Waals surface area contributed by atoms with E-state index in [1.165, 1.54) is 35.0 Å². The summed E-state index contributed by atoms with van der Waals surface area (Å²) in [5.41, 5.74) is 1.69. The largest absolute Gasteiger partial charge is 0.411 e. The fraction of sp³-hybridized carbons (Fsp3) is 0.182. The quantitative estimate of drug-likeness (QED) is 0.309. The van der Waals surface area contributed by atoms with Gasteiger partial charge in [0.2, 0.25) is 5.56 Å². The van der Waals surface area contributed by atoms with E-state index in [9.17, 15) is 22.8 Å². The highest BCUT2D eigenvalue weighted by atomic mass is 79.9. The predicted molar refractivity (Wildman–Crippen MR) is 120 cm³/mol. The van der Waals surface area contributed by atoms with Gasteiger partial charge in [0.15, 0.2) is 9.84 Å². The molecule has 1 N–H and O–H groups in total. The van der Waals surface area contributed by atoms with Gasteiger partial charge in [0.05, 0.1) is 10.6 Å². The molecule has 1 atom stereocenters. The molecule has 31 heavy (non-hydrogen) atoms. The summed E-state index contributed by atoms with van der Waals surface area (Å²) in [4.78, 5) is 11.6. The Morgan fingerprint density at radius 3 is 2.42 bits per heavy atom. The predicted octanol–water partition coefficient (Wildman–Crippen LogP) is 4.09. The number of hydrogen-bond donors (Lipinski definition) is 1. The van der Waals surface area contributed by atoms with Crippen molar-refractivity contribution < 1.29 is 18.0 Å². The Bertz CT molecular complexity index is 1300. The van der Waals surface area contributed by atoms with E-state index in [2.05, 4.69) is 21.1 Å². The number of rotatable bonds is 6. The minimum atomic E-state index is -3.73. The molecule has 0 fully saturated rings. The lowest BCUT2D eigenvalue weighted by molar-refractivity contribution is 0.317. The molecule has 1 unspecified atom stereocenters. The third-order valence-electron chi connectivity index (χ3n) is 4.96. The molecule has 1 heterocycles. The van der Waals surface area contributed by atoms with E-state index in [1.54, 1.807) is 7.05 Å². The molecule has 0 aliphatic rings. The molecule has 0 spiro atoms. The minimum Gasteiger partial charge on any atom is -0.411 e. The van der Waals surface area contributed by atoms with Crippen molar-refractivity contribution in [2.45, 2.75) is 17.2 Å². The fourth-order valence-electron chi connectivity index (χ4n) is 3.39. The number of oxime groups is 1. The van der Waals surface area contributed by atoms with Crippen LogP contribution in [0.15, 0.2) is 80.1 Å². The second-order valence-corrected chi connectivity index (χ2v) is 10.1. The van der Waals surface area contributed by atoms with Crippen LogP contribution in [0.1, 0.15) is 29.0 Å². The van der Waals surface area contributed by atoms with Gasteiger partial charge in [-0.1, -0.05) is 39.3 Å². The molecule has 3 rings (SSSR count). The molecule has 0 radical (unpaired) electrons.